The van der Waals surface area contributed by atoms with Crippen LogP contribution in [0.25, 0.3) is 22.5 Å². The highest BCUT2D eigenvalue weighted by atomic mass is 15.1. The molecule has 5 heteroatoms. The zero-order chi connectivity index (χ0) is 17.4. The van der Waals surface area contributed by atoms with Crippen molar-refractivity contribution in [1.82, 2.24) is 15.2 Å². The summed E-state index contributed by atoms with van der Waals surface area (Å²) in [6.45, 7) is 6.37. The van der Waals surface area contributed by atoms with Gasteiger partial charge in [-0.3, -0.25) is 5.10 Å². The molecule has 1 aliphatic carbocycles. The van der Waals surface area contributed by atoms with Gasteiger partial charge in [0.25, 0.3) is 0 Å². The number of fused-ring (bicyclic) bond motifs is 3. The number of benzene rings is 1. The van der Waals surface area contributed by atoms with Gasteiger partial charge in [-0.1, -0.05) is 6.07 Å². The van der Waals surface area contributed by atoms with Crippen LogP contribution < -0.4 is 4.90 Å². The van der Waals surface area contributed by atoms with Gasteiger partial charge in [0.1, 0.15) is 11.8 Å². The molecule has 5 nitrogen and oxygen atoms in total. The van der Waals surface area contributed by atoms with Crippen molar-refractivity contribution in [2.24, 2.45) is 0 Å². The maximum Gasteiger partial charge on any atom is 0.140 e. The van der Waals surface area contributed by atoms with Crippen LogP contribution in [0.3, 0.4) is 0 Å². The Bertz CT molecular complexity index is 959. The third-order valence-corrected chi connectivity index (χ3v) is 4.87. The van der Waals surface area contributed by atoms with Crippen molar-refractivity contribution in [3.8, 4) is 28.6 Å². The molecule has 0 radical (unpaired) electrons. The predicted molar refractivity (Wildman–Crippen MR) is 98.3 cm³/mol. The van der Waals surface area contributed by atoms with Gasteiger partial charge in [0, 0.05) is 48.1 Å². The Labute approximate surface area is 146 Å². The molecule has 25 heavy (non-hydrogen) atoms. The first-order valence-electron chi connectivity index (χ1n) is 8.57. The SMILES string of the molecule is CCN(CC)c1ccc2c(c1)Cc1c(-c3ccc(C#N)nc3)n[nH]c1-2. The van der Waals surface area contributed by atoms with Crippen molar-refractivity contribution >= 4 is 5.69 Å². The van der Waals surface area contributed by atoms with E-state index in [1.165, 1.54) is 22.4 Å². The average molecular weight is 329 g/mol. The van der Waals surface area contributed by atoms with Crippen molar-refractivity contribution in [3.05, 3.63) is 53.3 Å². The van der Waals surface area contributed by atoms with Crippen LogP contribution in [0.4, 0.5) is 5.69 Å². The Morgan fingerprint density at radius 3 is 2.72 bits per heavy atom. The summed E-state index contributed by atoms with van der Waals surface area (Å²) in [5.41, 5.74) is 8.41. The highest BCUT2D eigenvalue weighted by Crippen LogP contribution is 2.41. The maximum absolute atomic E-state index is 8.91. The lowest BCUT2D eigenvalue weighted by molar-refractivity contribution is 0.865. The summed E-state index contributed by atoms with van der Waals surface area (Å²) in [6, 6.07) is 12.4. The smallest absolute Gasteiger partial charge is 0.140 e. The van der Waals surface area contributed by atoms with Crippen LogP contribution in [0.1, 0.15) is 30.7 Å². The molecular formula is C20H19N5. The van der Waals surface area contributed by atoms with Gasteiger partial charge in [-0.15, -0.1) is 0 Å². The molecule has 124 valence electrons. The molecular weight excluding hydrogens is 310 g/mol. The van der Waals surface area contributed by atoms with E-state index in [0.29, 0.717) is 5.69 Å². The summed E-state index contributed by atoms with van der Waals surface area (Å²) >= 11 is 0. The number of nitrogens with one attached hydrogen (secondary N) is 1. The standard InChI is InChI=1S/C20H19N5/c1-3-25(4-2)16-7-8-17-14(9-16)10-18-19(23-24-20(17)18)13-5-6-15(11-21)22-12-13/h5-9,12H,3-4,10H2,1-2H3,(H,23,24). The number of hydrogen-bond acceptors (Lipinski definition) is 4. The third kappa shape index (κ3) is 2.47. The van der Waals surface area contributed by atoms with E-state index in [1.807, 2.05) is 12.1 Å². The Balaban J connectivity index is 1.71. The van der Waals surface area contributed by atoms with Gasteiger partial charge < -0.3 is 4.90 Å². The van der Waals surface area contributed by atoms with Gasteiger partial charge >= 0.3 is 0 Å². The van der Waals surface area contributed by atoms with Gasteiger partial charge in [-0.05, 0) is 43.7 Å². The molecule has 4 rings (SSSR count). The van der Waals surface area contributed by atoms with Gasteiger partial charge in [0.15, 0.2) is 0 Å². The first-order chi connectivity index (χ1) is 12.2. The zero-order valence-electron chi connectivity index (χ0n) is 14.4. The number of H-pyrrole nitrogens is 1. The first-order valence-corrected chi connectivity index (χ1v) is 8.57. The lowest BCUT2D eigenvalue weighted by Crippen LogP contribution is -2.21. The fourth-order valence-electron chi connectivity index (χ4n) is 3.55. The second kappa shape index (κ2) is 6.06. The molecule has 2 heterocycles. The van der Waals surface area contributed by atoms with Crippen molar-refractivity contribution in [2.75, 3.05) is 18.0 Å². The van der Waals surface area contributed by atoms with E-state index in [9.17, 15) is 0 Å². The first kappa shape index (κ1) is 15.4. The minimum Gasteiger partial charge on any atom is -0.372 e. The Morgan fingerprint density at radius 2 is 2.04 bits per heavy atom. The summed E-state index contributed by atoms with van der Waals surface area (Å²) in [5.74, 6) is 0. The van der Waals surface area contributed by atoms with Crippen LogP contribution in [0.15, 0.2) is 36.5 Å². The number of hydrogen-bond donors (Lipinski definition) is 1. The predicted octanol–water partition coefficient (Wildman–Crippen LogP) is 3.76. The van der Waals surface area contributed by atoms with Gasteiger partial charge in [-0.25, -0.2) is 4.98 Å². The van der Waals surface area contributed by atoms with Crippen LogP contribution >= 0.6 is 0 Å². The Hall–Kier alpha value is -3.13. The second-order valence-corrected chi connectivity index (χ2v) is 6.16. The molecule has 1 aromatic carbocycles. The van der Waals surface area contributed by atoms with E-state index < -0.39 is 0 Å². The van der Waals surface area contributed by atoms with Crippen LogP contribution in [-0.2, 0) is 6.42 Å². The highest BCUT2D eigenvalue weighted by molar-refractivity contribution is 5.82. The largest absolute Gasteiger partial charge is 0.372 e. The number of nitriles is 1. The summed E-state index contributed by atoms with van der Waals surface area (Å²) < 4.78 is 0. The van der Waals surface area contributed by atoms with E-state index in [2.05, 4.69) is 52.1 Å². The van der Waals surface area contributed by atoms with Crippen molar-refractivity contribution in [1.29, 1.82) is 5.26 Å². The van der Waals surface area contributed by atoms with Crippen LogP contribution in [-0.4, -0.2) is 28.3 Å². The lowest BCUT2D eigenvalue weighted by atomic mass is 10.1. The van der Waals surface area contributed by atoms with E-state index in [0.717, 1.165) is 36.5 Å². The fourth-order valence-corrected chi connectivity index (χ4v) is 3.55. The van der Waals surface area contributed by atoms with Gasteiger partial charge in [-0.2, -0.15) is 10.4 Å². The van der Waals surface area contributed by atoms with Gasteiger partial charge in [0.2, 0.25) is 0 Å². The van der Waals surface area contributed by atoms with Gasteiger partial charge in [0.05, 0.1) is 11.4 Å². The number of rotatable bonds is 4. The molecule has 0 amide bonds. The molecule has 1 aliphatic rings. The number of anilines is 1. The normalized spacial score (nSPS) is 11.7. The molecule has 0 fully saturated rings. The average Bonchev–Trinajstić information content (AvgIpc) is 3.21. The fraction of sp³-hybridized carbons (Fsp3) is 0.250. The monoisotopic (exact) mass is 329 g/mol. The molecule has 0 spiro atoms. The highest BCUT2D eigenvalue weighted by Gasteiger charge is 2.25. The molecule has 2 aromatic heterocycles. The molecule has 0 bridgehead atoms. The second-order valence-electron chi connectivity index (χ2n) is 6.16. The molecule has 3 aromatic rings. The quantitative estimate of drug-likeness (QED) is 0.619. The molecule has 0 saturated heterocycles. The molecule has 0 aliphatic heterocycles. The minimum absolute atomic E-state index is 0.420. The Kier molecular flexibility index (Phi) is 3.73. The van der Waals surface area contributed by atoms with Crippen molar-refractivity contribution in [3.63, 3.8) is 0 Å². The molecule has 1 N–H and O–H groups in total. The van der Waals surface area contributed by atoms with Crippen molar-refractivity contribution in [2.45, 2.75) is 20.3 Å². The third-order valence-electron chi connectivity index (χ3n) is 4.87. The number of pyridine rings is 1. The Morgan fingerprint density at radius 1 is 1.20 bits per heavy atom. The van der Waals surface area contributed by atoms with E-state index in [-0.39, 0.29) is 0 Å². The zero-order valence-corrected chi connectivity index (χ0v) is 14.4. The van der Waals surface area contributed by atoms with E-state index in [4.69, 9.17) is 5.26 Å². The lowest BCUT2D eigenvalue weighted by Gasteiger charge is -2.21. The van der Waals surface area contributed by atoms with Crippen LogP contribution in [0.2, 0.25) is 0 Å². The summed E-state index contributed by atoms with van der Waals surface area (Å²) in [6.07, 6.45) is 2.59. The molecule has 0 atom stereocenters. The summed E-state index contributed by atoms with van der Waals surface area (Å²) in [7, 11) is 0. The number of aromatic amines is 1. The number of nitrogens with zero attached hydrogens (tertiary/aromatic N) is 4. The summed E-state index contributed by atoms with van der Waals surface area (Å²) in [4.78, 5) is 6.52. The number of aromatic nitrogens is 3. The van der Waals surface area contributed by atoms with Crippen LogP contribution in [0, 0.1) is 11.3 Å². The maximum atomic E-state index is 8.91. The van der Waals surface area contributed by atoms with E-state index >= 15 is 0 Å². The topological polar surface area (TPSA) is 68.6 Å². The van der Waals surface area contributed by atoms with E-state index in [1.54, 1.807) is 12.3 Å². The van der Waals surface area contributed by atoms with Crippen LogP contribution in [0.5, 0.6) is 0 Å². The minimum atomic E-state index is 0.420. The molecule has 0 unspecified atom stereocenters. The van der Waals surface area contributed by atoms with Crippen molar-refractivity contribution < 1.29 is 0 Å². The molecule has 0 saturated carbocycles. The summed E-state index contributed by atoms with van der Waals surface area (Å²) in [5, 5.41) is 16.6.